The van der Waals surface area contributed by atoms with Gasteiger partial charge in [-0.2, -0.15) is 0 Å². The minimum absolute atomic E-state index is 0.0382. The number of unbranched alkanes of at least 4 members (excludes halogenated alkanes) is 3. The van der Waals surface area contributed by atoms with Crippen LogP contribution in [0.25, 0.3) is 6.08 Å². The summed E-state index contributed by atoms with van der Waals surface area (Å²) in [6.45, 7) is 2.24. The number of halogens is 1. The average molecular weight is 232 g/mol. The van der Waals surface area contributed by atoms with Crippen molar-refractivity contribution in [1.82, 2.24) is 0 Å². The first-order valence-electron chi connectivity index (χ1n) is 6.78. The topological polar surface area (TPSA) is 0 Å². The van der Waals surface area contributed by atoms with Gasteiger partial charge in [-0.05, 0) is 42.9 Å². The Morgan fingerprint density at radius 3 is 2.82 bits per heavy atom. The highest BCUT2D eigenvalue weighted by molar-refractivity contribution is 5.59. The molecule has 0 bridgehead atoms. The van der Waals surface area contributed by atoms with Crippen LogP contribution >= 0.6 is 0 Å². The fourth-order valence-corrected chi connectivity index (χ4v) is 2.53. The minimum atomic E-state index is -0.0382. The summed E-state index contributed by atoms with van der Waals surface area (Å²) in [4.78, 5) is 0. The van der Waals surface area contributed by atoms with Gasteiger partial charge in [0.25, 0.3) is 0 Å². The van der Waals surface area contributed by atoms with Gasteiger partial charge in [-0.25, -0.2) is 4.39 Å². The number of allylic oxidation sites excluding steroid dienone is 1. The van der Waals surface area contributed by atoms with Gasteiger partial charge in [0.15, 0.2) is 0 Å². The highest BCUT2D eigenvalue weighted by atomic mass is 19.1. The summed E-state index contributed by atoms with van der Waals surface area (Å²) in [7, 11) is 0. The van der Waals surface area contributed by atoms with Crippen LogP contribution < -0.4 is 0 Å². The fourth-order valence-electron chi connectivity index (χ4n) is 2.53. The first-order chi connectivity index (χ1) is 8.31. The van der Waals surface area contributed by atoms with E-state index in [1.807, 2.05) is 12.1 Å². The lowest BCUT2D eigenvalue weighted by atomic mass is 9.89. The monoisotopic (exact) mass is 232 g/mol. The number of fused-ring (bicyclic) bond motifs is 1. The van der Waals surface area contributed by atoms with Crippen LogP contribution in [0.15, 0.2) is 23.8 Å². The molecule has 0 radical (unpaired) electrons. The molecule has 0 N–H and O–H groups in total. The summed E-state index contributed by atoms with van der Waals surface area (Å²) >= 11 is 0. The van der Waals surface area contributed by atoms with E-state index in [0.29, 0.717) is 0 Å². The molecule has 0 nitrogen and oxygen atoms in total. The zero-order chi connectivity index (χ0) is 12.1. The molecule has 1 aliphatic rings. The van der Waals surface area contributed by atoms with Gasteiger partial charge >= 0.3 is 0 Å². The van der Waals surface area contributed by atoms with Crippen LogP contribution in [0.3, 0.4) is 0 Å². The molecule has 1 heteroatoms. The number of rotatable bonds is 5. The van der Waals surface area contributed by atoms with Gasteiger partial charge in [0.1, 0.15) is 5.82 Å². The molecule has 0 heterocycles. The summed E-state index contributed by atoms with van der Waals surface area (Å²) < 4.78 is 13.5. The van der Waals surface area contributed by atoms with E-state index in [1.54, 1.807) is 6.07 Å². The SMILES string of the molecule is CCCCCCC1=Cc2cccc(F)c2CC1. The van der Waals surface area contributed by atoms with Gasteiger partial charge in [-0.1, -0.05) is 50.0 Å². The second kappa shape index (κ2) is 6.00. The summed E-state index contributed by atoms with van der Waals surface area (Å²) in [5, 5.41) is 0. The van der Waals surface area contributed by atoms with Gasteiger partial charge in [0.05, 0.1) is 0 Å². The Kier molecular flexibility index (Phi) is 4.36. The van der Waals surface area contributed by atoms with Gasteiger partial charge in [0.2, 0.25) is 0 Å². The second-order valence-electron chi connectivity index (χ2n) is 4.92. The zero-order valence-electron chi connectivity index (χ0n) is 10.6. The van der Waals surface area contributed by atoms with E-state index < -0.39 is 0 Å². The van der Waals surface area contributed by atoms with Crippen LogP contribution in [0.4, 0.5) is 4.39 Å². The molecule has 0 fully saturated rings. The van der Waals surface area contributed by atoms with Gasteiger partial charge in [0, 0.05) is 0 Å². The summed E-state index contributed by atoms with van der Waals surface area (Å²) in [6.07, 6.45) is 10.5. The predicted molar refractivity (Wildman–Crippen MR) is 71.5 cm³/mol. The molecule has 0 unspecified atom stereocenters. The predicted octanol–water partition coefficient (Wildman–Crippen LogP) is 5.13. The third kappa shape index (κ3) is 3.18. The standard InChI is InChI=1S/C16H21F/c1-2-3-4-5-7-13-10-11-15-14(12-13)8-6-9-16(15)17/h6,8-9,12H,2-5,7,10-11H2,1H3. The van der Waals surface area contributed by atoms with Crippen LogP contribution in [0, 0.1) is 5.82 Å². The Bertz CT molecular complexity index is 404. The highest BCUT2D eigenvalue weighted by Gasteiger charge is 2.13. The second-order valence-corrected chi connectivity index (χ2v) is 4.92. The van der Waals surface area contributed by atoms with Crippen LogP contribution in [-0.4, -0.2) is 0 Å². The van der Waals surface area contributed by atoms with Gasteiger partial charge in [-0.15, -0.1) is 0 Å². The van der Waals surface area contributed by atoms with E-state index in [1.165, 1.54) is 37.7 Å². The van der Waals surface area contributed by atoms with E-state index >= 15 is 0 Å². The summed E-state index contributed by atoms with van der Waals surface area (Å²) in [6, 6.07) is 5.41. The Hall–Kier alpha value is -1.11. The van der Waals surface area contributed by atoms with Crippen molar-refractivity contribution in [2.24, 2.45) is 0 Å². The first-order valence-corrected chi connectivity index (χ1v) is 6.78. The Morgan fingerprint density at radius 1 is 1.12 bits per heavy atom. The molecule has 17 heavy (non-hydrogen) atoms. The van der Waals surface area contributed by atoms with Gasteiger partial charge in [-0.3, -0.25) is 0 Å². The lowest BCUT2D eigenvalue weighted by Gasteiger charge is -2.17. The molecule has 2 rings (SSSR count). The van der Waals surface area contributed by atoms with Crippen LogP contribution in [-0.2, 0) is 6.42 Å². The molecule has 0 saturated heterocycles. The molecule has 1 aliphatic carbocycles. The lowest BCUT2D eigenvalue weighted by Crippen LogP contribution is -2.02. The molecule has 0 atom stereocenters. The Morgan fingerprint density at radius 2 is 2.00 bits per heavy atom. The Labute approximate surface area is 104 Å². The third-order valence-electron chi connectivity index (χ3n) is 3.56. The average Bonchev–Trinajstić information content (AvgIpc) is 2.35. The van der Waals surface area contributed by atoms with Crippen molar-refractivity contribution in [1.29, 1.82) is 0 Å². The fraction of sp³-hybridized carbons (Fsp3) is 0.500. The summed E-state index contributed by atoms with van der Waals surface area (Å²) in [5.41, 5.74) is 3.51. The largest absolute Gasteiger partial charge is 0.207 e. The minimum Gasteiger partial charge on any atom is -0.207 e. The van der Waals surface area contributed by atoms with E-state index in [9.17, 15) is 4.39 Å². The molecule has 92 valence electrons. The molecule has 1 aromatic rings. The maximum Gasteiger partial charge on any atom is 0.127 e. The van der Waals surface area contributed by atoms with Gasteiger partial charge < -0.3 is 0 Å². The van der Waals surface area contributed by atoms with Crippen molar-refractivity contribution < 1.29 is 4.39 Å². The van der Waals surface area contributed by atoms with Crippen LogP contribution in [0.2, 0.25) is 0 Å². The molecule has 0 saturated carbocycles. The number of benzene rings is 1. The molecular formula is C16H21F. The van der Waals surface area contributed by atoms with Crippen molar-refractivity contribution in [2.45, 2.75) is 51.9 Å². The lowest BCUT2D eigenvalue weighted by molar-refractivity contribution is 0.602. The van der Waals surface area contributed by atoms with Crippen LogP contribution in [0.5, 0.6) is 0 Å². The van der Waals surface area contributed by atoms with Crippen molar-refractivity contribution in [3.8, 4) is 0 Å². The molecule has 0 spiro atoms. The summed E-state index contributed by atoms with van der Waals surface area (Å²) in [5.74, 6) is -0.0382. The number of hydrogen-bond donors (Lipinski definition) is 0. The van der Waals surface area contributed by atoms with Crippen molar-refractivity contribution in [3.63, 3.8) is 0 Å². The zero-order valence-corrected chi connectivity index (χ0v) is 10.6. The first kappa shape index (κ1) is 12.3. The molecule has 0 aliphatic heterocycles. The van der Waals surface area contributed by atoms with E-state index in [-0.39, 0.29) is 5.82 Å². The molecule has 0 amide bonds. The van der Waals surface area contributed by atoms with E-state index in [0.717, 1.165) is 24.0 Å². The van der Waals surface area contributed by atoms with Crippen molar-refractivity contribution in [2.75, 3.05) is 0 Å². The molecule has 0 aromatic heterocycles. The number of hydrogen-bond acceptors (Lipinski definition) is 0. The van der Waals surface area contributed by atoms with E-state index in [4.69, 9.17) is 0 Å². The Balaban J connectivity index is 1.98. The molecular weight excluding hydrogens is 211 g/mol. The maximum atomic E-state index is 13.5. The van der Waals surface area contributed by atoms with Crippen LogP contribution in [0.1, 0.15) is 56.6 Å². The smallest absolute Gasteiger partial charge is 0.127 e. The van der Waals surface area contributed by atoms with Crippen molar-refractivity contribution >= 4 is 6.08 Å². The highest BCUT2D eigenvalue weighted by Crippen LogP contribution is 2.28. The quantitative estimate of drug-likeness (QED) is 0.618. The normalized spacial score (nSPS) is 14.4. The van der Waals surface area contributed by atoms with E-state index in [2.05, 4.69) is 13.0 Å². The molecule has 1 aromatic carbocycles. The third-order valence-corrected chi connectivity index (χ3v) is 3.56. The van der Waals surface area contributed by atoms with Crippen molar-refractivity contribution in [3.05, 3.63) is 40.7 Å². The maximum absolute atomic E-state index is 13.5.